The Balaban J connectivity index is 1.41. The lowest BCUT2D eigenvalue weighted by atomic mass is 10.1. The number of ether oxygens (including phenoxy) is 2. The molecule has 1 saturated carbocycles. The Labute approximate surface area is 206 Å². The zero-order chi connectivity index (χ0) is 23.9. The summed E-state index contributed by atoms with van der Waals surface area (Å²) >= 11 is 3.44. The molecule has 0 atom stereocenters. The maximum Gasteiger partial charge on any atom is 0.352 e. The van der Waals surface area contributed by atoms with Crippen LogP contribution in [0.25, 0.3) is 6.08 Å². The lowest BCUT2D eigenvalue weighted by Gasteiger charge is -2.13. The van der Waals surface area contributed by atoms with Gasteiger partial charge in [-0.1, -0.05) is 24.3 Å². The van der Waals surface area contributed by atoms with Gasteiger partial charge < -0.3 is 19.9 Å². The maximum absolute atomic E-state index is 12.6. The van der Waals surface area contributed by atoms with Crippen LogP contribution in [0, 0.1) is 0 Å². The first-order valence-electron chi connectivity index (χ1n) is 11.0. The number of aliphatic carboxylic acids is 1. The van der Waals surface area contributed by atoms with Crippen LogP contribution in [-0.2, 0) is 4.79 Å². The van der Waals surface area contributed by atoms with Crippen LogP contribution in [0.1, 0.15) is 41.6 Å². The van der Waals surface area contributed by atoms with Crippen LogP contribution in [0.4, 0.5) is 0 Å². The van der Waals surface area contributed by atoms with Gasteiger partial charge in [-0.15, -0.1) is 0 Å². The van der Waals surface area contributed by atoms with E-state index in [1.807, 2.05) is 24.3 Å². The number of halogens is 1. The van der Waals surface area contributed by atoms with Crippen molar-refractivity contribution in [1.29, 1.82) is 0 Å². The van der Waals surface area contributed by atoms with Crippen molar-refractivity contribution in [3.05, 3.63) is 94.1 Å². The van der Waals surface area contributed by atoms with Gasteiger partial charge >= 0.3 is 5.97 Å². The lowest BCUT2D eigenvalue weighted by Crippen LogP contribution is -2.27. The predicted molar refractivity (Wildman–Crippen MR) is 133 cm³/mol. The minimum Gasteiger partial charge on any atom is -0.490 e. The van der Waals surface area contributed by atoms with E-state index in [1.54, 1.807) is 48.5 Å². The van der Waals surface area contributed by atoms with Crippen LogP contribution in [0.5, 0.6) is 17.2 Å². The third-order valence-corrected chi connectivity index (χ3v) is 6.11. The van der Waals surface area contributed by atoms with Crippen LogP contribution in [0.15, 0.2) is 83.0 Å². The summed E-state index contributed by atoms with van der Waals surface area (Å²) in [5.41, 5.74) is 0.733. The van der Waals surface area contributed by atoms with Gasteiger partial charge in [0.15, 0.2) is 0 Å². The summed E-state index contributed by atoms with van der Waals surface area (Å²) in [6.07, 6.45) is 6.08. The van der Waals surface area contributed by atoms with Gasteiger partial charge in [0.1, 0.15) is 22.9 Å². The van der Waals surface area contributed by atoms with E-state index in [1.165, 1.54) is 18.9 Å². The fourth-order valence-corrected chi connectivity index (χ4v) is 4.05. The Morgan fingerprint density at radius 3 is 2.21 bits per heavy atom. The molecule has 34 heavy (non-hydrogen) atoms. The number of carboxylic acids is 1. The Kier molecular flexibility index (Phi) is 7.65. The molecule has 0 heterocycles. The maximum atomic E-state index is 12.6. The molecule has 1 fully saturated rings. The van der Waals surface area contributed by atoms with Crippen LogP contribution in [-0.4, -0.2) is 23.1 Å². The van der Waals surface area contributed by atoms with E-state index in [4.69, 9.17) is 9.47 Å². The molecule has 0 unspecified atom stereocenters. The minimum atomic E-state index is -1.23. The molecule has 1 aliphatic rings. The van der Waals surface area contributed by atoms with Gasteiger partial charge in [0.05, 0.1) is 10.6 Å². The van der Waals surface area contributed by atoms with Crippen molar-refractivity contribution >= 4 is 33.9 Å². The molecule has 1 amide bonds. The number of nitrogens with one attached hydrogen (secondary N) is 1. The summed E-state index contributed by atoms with van der Waals surface area (Å²) in [5, 5.41) is 12.1. The van der Waals surface area contributed by atoms with Crippen molar-refractivity contribution in [2.24, 2.45) is 0 Å². The van der Waals surface area contributed by atoms with Crippen LogP contribution >= 0.6 is 15.9 Å². The average Bonchev–Trinajstić information content (AvgIpc) is 3.35. The largest absolute Gasteiger partial charge is 0.490 e. The summed E-state index contributed by atoms with van der Waals surface area (Å²) < 4.78 is 12.6. The number of para-hydroxylation sites is 1. The third-order valence-electron chi connectivity index (χ3n) is 5.46. The molecule has 1 aliphatic carbocycles. The van der Waals surface area contributed by atoms with E-state index in [0.717, 1.165) is 17.3 Å². The Hall–Kier alpha value is -3.58. The number of carbonyl (C=O) groups is 2. The number of rotatable bonds is 8. The second-order valence-corrected chi connectivity index (χ2v) is 8.82. The molecule has 0 bridgehead atoms. The molecule has 174 valence electrons. The standard InChI is InChI=1S/C27H24BrNO5/c28-23-7-3-4-8-25(23)34-22-13-9-18(10-14-22)17-24(27(31)32)29-26(30)19-11-15-21(16-12-19)33-20-5-1-2-6-20/h3-4,7-17,20H,1-2,5-6H2,(H,29,30)(H,31,32). The molecule has 0 aromatic heterocycles. The molecule has 3 aromatic carbocycles. The predicted octanol–water partition coefficient (Wildman–Crippen LogP) is 6.42. The van der Waals surface area contributed by atoms with Gasteiger partial charge in [0.25, 0.3) is 5.91 Å². The van der Waals surface area contributed by atoms with E-state index in [0.29, 0.717) is 28.4 Å². The zero-order valence-electron chi connectivity index (χ0n) is 18.4. The van der Waals surface area contributed by atoms with Gasteiger partial charge in [0, 0.05) is 5.56 Å². The summed E-state index contributed by atoms with van der Waals surface area (Å²) in [7, 11) is 0. The summed E-state index contributed by atoms with van der Waals surface area (Å²) in [5.74, 6) is 0.245. The molecule has 0 radical (unpaired) electrons. The van der Waals surface area contributed by atoms with Gasteiger partial charge in [-0.3, -0.25) is 4.79 Å². The fraction of sp³-hybridized carbons (Fsp3) is 0.185. The fourth-order valence-electron chi connectivity index (χ4n) is 3.68. The Morgan fingerprint density at radius 2 is 1.56 bits per heavy atom. The van der Waals surface area contributed by atoms with E-state index in [-0.39, 0.29) is 11.8 Å². The molecule has 4 rings (SSSR count). The van der Waals surface area contributed by atoms with E-state index < -0.39 is 11.9 Å². The highest BCUT2D eigenvalue weighted by Gasteiger charge is 2.17. The van der Waals surface area contributed by atoms with Gasteiger partial charge in [-0.05, 0) is 102 Å². The number of amides is 1. The second kappa shape index (κ2) is 11.0. The van der Waals surface area contributed by atoms with Crippen molar-refractivity contribution in [3.8, 4) is 17.2 Å². The number of benzene rings is 3. The molecule has 0 saturated heterocycles. The highest BCUT2D eigenvalue weighted by molar-refractivity contribution is 9.10. The van der Waals surface area contributed by atoms with Crippen LogP contribution in [0.2, 0.25) is 0 Å². The van der Waals surface area contributed by atoms with Gasteiger partial charge in [-0.2, -0.15) is 0 Å². The van der Waals surface area contributed by atoms with Gasteiger partial charge in [-0.25, -0.2) is 4.79 Å². The van der Waals surface area contributed by atoms with Crippen LogP contribution in [0.3, 0.4) is 0 Å². The minimum absolute atomic E-state index is 0.226. The van der Waals surface area contributed by atoms with Crippen molar-refractivity contribution in [3.63, 3.8) is 0 Å². The van der Waals surface area contributed by atoms with Crippen molar-refractivity contribution < 1.29 is 24.2 Å². The zero-order valence-corrected chi connectivity index (χ0v) is 20.0. The second-order valence-electron chi connectivity index (χ2n) is 7.97. The molecule has 3 aromatic rings. The van der Waals surface area contributed by atoms with Crippen molar-refractivity contribution in [1.82, 2.24) is 5.32 Å². The highest BCUT2D eigenvalue weighted by atomic mass is 79.9. The number of hydrogen-bond acceptors (Lipinski definition) is 4. The summed E-state index contributed by atoms with van der Waals surface area (Å²) in [6.45, 7) is 0. The molecular weight excluding hydrogens is 498 g/mol. The normalized spacial score (nSPS) is 14.0. The Morgan fingerprint density at radius 1 is 0.912 bits per heavy atom. The van der Waals surface area contributed by atoms with Crippen molar-refractivity contribution in [2.75, 3.05) is 0 Å². The van der Waals surface area contributed by atoms with E-state index in [2.05, 4.69) is 21.2 Å². The smallest absolute Gasteiger partial charge is 0.352 e. The molecule has 2 N–H and O–H groups in total. The summed E-state index contributed by atoms with van der Waals surface area (Å²) in [4.78, 5) is 24.3. The molecule has 7 heteroatoms. The SMILES string of the molecule is O=C(O)C(=Cc1ccc(Oc2ccccc2Br)cc1)NC(=O)c1ccc(OC2CCCC2)cc1. The van der Waals surface area contributed by atoms with Gasteiger partial charge in [0.2, 0.25) is 0 Å². The third kappa shape index (κ3) is 6.26. The molecule has 6 nitrogen and oxygen atoms in total. The van der Waals surface area contributed by atoms with E-state index in [9.17, 15) is 14.7 Å². The number of hydrogen-bond donors (Lipinski definition) is 2. The first kappa shape index (κ1) is 23.6. The Bertz CT molecular complexity index is 1180. The van der Waals surface area contributed by atoms with Crippen LogP contribution < -0.4 is 14.8 Å². The first-order valence-corrected chi connectivity index (χ1v) is 11.8. The van der Waals surface area contributed by atoms with E-state index >= 15 is 0 Å². The molecule has 0 aliphatic heterocycles. The lowest BCUT2D eigenvalue weighted by molar-refractivity contribution is -0.132. The average molecular weight is 522 g/mol. The topological polar surface area (TPSA) is 84.9 Å². The monoisotopic (exact) mass is 521 g/mol. The number of carboxylic acid groups (broad SMARTS) is 1. The molecular formula is C27H24BrNO5. The summed E-state index contributed by atoms with van der Waals surface area (Å²) in [6, 6.07) is 21.1. The molecule has 0 spiro atoms. The number of carbonyl (C=O) groups excluding carboxylic acids is 1. The highest BCUT2D eigenvalue weighted by Crippen LogP contribution is 2.29. The first-order chi connectivity index (χ1) is 16.5. The van der Waals surface area contributed by atoms with Crippen molar-refractivity contribution in [2.45, 2.75) is 31.8 Å². The quantitative estimate of drug-likeness (QED) is 0.334.